The fraction of sp³-hybridized carbons (Fsp3) is 0.462. The van der Waals surface area contributed by atoms with Crippen LogP contribution in [-0.4, -0.2) is 26.3 Å². The van der Waals surface area contributed by atoms with E-state index in [4.69, 9.17) is 0 Å². The summed E-state index contributed by atoms with van der Waals surface area (Å²) in [7, 11) is 1.91. The van der Waals surface area contributed by atoms with Gasteiger partial charge in [-0.25, -0.2) is 9.97 Å². The second kappa shape index (κ2) is 5.16. The van der Waals surface area contributed by atoms with Gasteiger partial charge in [-0.2, -0.15) is 5.10 Å². The van der Waals surface area contributed by atoms with Gasteiger partial charge in [-0.15, -0.1) is 0 Å². The van der Waals surface area contributed by atoms with Gasteiger partial charge in [-0.05, 0) is 26.3 Å². The summed E-state index contributed by atoms with van der Waals surface area (Å²) in [6.45, 7) is 6.99. The van der Waals surface area contributed by atoms with Crippen LogP contribution in [0.1, 0.15) is 24.7 Å². The van der Waals surface area contributed by atoms with Gasteiger partial charge in [0.2, 0.25) is 0 Å². The molecule has 1 N–H and O–H groups in total. The normalized spacial score (nSPS) is 10.7. The van der Waals surface area contributed by atoms with Crippen LogP contribution in [-0.2, 0) is 7.05 Å². The van der Waals surface area contributed by atoms with Crippen molar-refractivity contribution in [1.82, 2.24) is 19.7 Å². The summed E-state index contributed by atoms with van der Waals surface area (Å²) in [6.07, 6.45) is 2.99. The summed E-state index contributed by atoms with van der Waals surface area (Å²) >= 11 is 0. The summed E-state index contributed by atoms with van der Waals surface area (Å²) in [5.41, 5.74) is 2.84. The first-order chi connectivity index (χ1) is 8.61. The van der Waals surface area contributed by atoms with E-state index < -0.39 is 0 Å². The molecular weight excluding hydrogens is 226 g/mol. The first-order valence-electron chi connectivity index (χ1n) is 6.21. The zero-order valence-corrected chi connectivity index (χ0v) is 11.4. The molecule has 2 aromatic heterocycles. The lowest BCUT2D eigenvalue weighted by molar-refractivity contribution is 0.769. The zero-order valence-electron chi connectivity index (χ0n) is 11.4. The molecule has 0 radical (unpaired) electrons. The highest BCUT2D eigenvalue weighted by atomic mass is 15.3. The fourth-order valence-electron chi connectivity index (χ4n) is 1.83. The molecule has 0 saturated heterocycles. The molecule has 0 unspecified atom stereocenters. The number of rotatable bonds is 4. The van der Waals surface area contributed by atoms with Gasteiger partial charge in [0.25, 0.3) is 0 Å². The van der Waals surface area contributed by atoms with E-state index in [1.165, 1.54) is 0 Å². The first kappa shape index (κ1) is 12.5. The summed E-state index contributed by atoms with van der Waals surface area (Å²) < 4.78 is 1.78. The Hall–Kier alpha value is -1.91. The Bertz CT molecular complexity index is 544. The Morgan fingerprint density at radius 2 is 2.06 bits per heavy atom. The van der Waals surface area contributed by atoms with Gasteiger partial charge in [0, 0.05) is 25.4 Å². The smallest absolute Gasteiger partial charge is 0.133 e. The number of aromatic nitrogens is 4. The van der Waals surface area contributed by atoms with Gasteiger partial charge < -0.3 is 5.32 Å². The zero-order chi connectivity index (χ0) is 13.1. The highest BCUT2D eigenvalue weighted by Crippen LogP contribution is 2.24. The lowest BCUT2D eigenvalue weighted by atomic mass is 10.2. The van der Waals surface area contributed by atoms with Crippen molar-refractivity contribution in [3.05, 3.63) is 23.7 Å². The summed E-state index contributed by atoms with van der Waals surface area (Å²) in [6, 6.07) is 1.97. The van der Waals surface area contributed by atoms with Crippen molar-refractivity contribution < 1.29 is 0 Å². The SMILES string of the molecule is CCCNc1nc(C)nc(-c2ccn(C)n2)c1C. The average molecular weight is 245 g/mol. The van der Waals surface area contributed by atoms with Crippen LogP contribution in [0.2, 0.25) is 0 Å². The number of nitrogens with zero attached hydrogens (tertiary/aromatic N) is 4. The van der Waals surface area contributed by atoms with Crippen molar-refractivity contribution in [1.29, 1.82) is 0 Å². The minimum absolute atomic E-state index is 0.764. The van der Waals surface area contributed by atoms with E-state index in [0.29, 0.717) is 0 Å². The van der Waals surface area contributed by atoms with Gasteiger partial charge in [0.1, 0.15) is 17.3 Å². The summed E-state index contributed by atoms with van der Waals surface area (Å²) in [5.74, 6) is 1.67. The van der Waals surface area contributed by atoms with Gasteiger partial charge in [-0.1, -0.05) is 6.92 Å². The molecule has 0 aliphatic carbocycles. The predicted molar refractivity (Wildman–Crippen MR) is 72.5 cm³/mol. The molecule has 2 aromatic rings. The number of aryl methyl sites for hydroxylation is 2. The molecule has 0 aromatic carbocycles. The van der Waals surface area contributed by atoms with E-state index in [-0.39, 0.29) is 0 Å². The van der Waals surface area contributed by atoms with Crippen LogP contribution < -0.4 is 5.32 Å². The minimum Gasteiger partial charge on any atom is -0.370 e. The van der Waals surface area contributed by atoms with Gasteiger partial charge in [0.05, 0.1) is 5.69 Å². The predicted octanol–water partition coefficient (Wildman–Crippen LogP) is 2.32. The van der Waals surface area contributed by atoms with Crippen LogP contribution in [0.15, 0.2) is 12.3 Å². The van der Waals surface area contributed by atoms with Gasteiger partial charge in [-0.3, -0.25) is 4.68 Å². The van der Waals surface area contributed by atoms with E-state index in [0.717, 1.165) is 41.6 Å². The van der Waals surface area contributed by atoms with E-state index in [1.807, 2.05) is 33.2 Å². The third-order valence-electron chi connectivity index (χ3n) is 2.76. The standard InChI is InChI=1S/C13H19N5/c1-5-7-14-13-9(2)12(15-10(3)16-13)11-6-8-18(4)17-11/h6,8H,5,7H2,1-4H3,(H,14,15,16). The van der Waals surface area contributed by atoms with Gasteiger partial charge >= 0.3 is 0 Å². The fourth-order valence-corrected chi connectivity index (χ4v) is 1.83. The molecule has 5 nitrogen and oxygen atoms in total. The number of anilines is 1. The van der Waals surface area contributed by atoms with Crippen molar-refractivity contribution in [3.63, 3.8) is 0 Å². The molecule has 0 fully saturated rings. The van der Waals surface area contributed by atoms with E-state index in [1.54, 1.807) is 4.68 Å². The maximum absolute atomic E-state index is 4.50. The molecule has 18 heavy (non-hydrogen) atoms. The monoisotopic (exact) mass is 245 g/mol. The first-order valence-corrected chi connectivity index (χ1v) is 6.21. The van der Waals surface area contributed by atoms with Crippen LogP contribution in [0.4, 0.5) is 5.82 Å². The van der Waals surface area contributed by atoms with Crippen LogP contribution in [0.5, 0.6) is 0 Å². The van der Waals surface area contributed by atoms with E-state index >= 15 is 0 Å². The van der Waals surface area contributed by atoms with Crippen molar-refractivity contribution in [3.8, 4) is 11.4 Å². The van der Waals surface area contributed by atoms with E-state index in [2.05, 4.69) is 27.3 Å². The van der Waals surface area contributed by atoms with Crippen LogP contribution >= 0.6 is 0 Å². The molecular formula is C13H19N5. The van der Waals surface area contributed by atoms with Crippen molar-refractivity contribution >= 4 is 5.82 Å². The van der Waals surface area contributed by atoms with Crippen molar-refractivity contribution in [2.75, 3.05) is 11.9 Å². The highest BCUT2D eigenvalue weighted by Gasteiger charge is 2.12. The largest absolute Gasteiger partial charge is 0.370 e. The average Bonchev–Trinajstić information content (AvgIpc) is 2.76. The highest BCUT2D eigenvalue weighted by molar-refractivity contribution is 5.64. The van der Waals surface area contributed by atoms with Crippen molar-refractivity contribution in [2.45, 2.75) is 27.2 Å². The van der Waals surface area contributed by atoms with Gasteiger partial charge in [0.15, 0.2) is 0 Å². The second-order valence-electron chi connectivity index (χ2n) is 4.39. The number of hydrogen-bond acceptors (Lipinski definition) is 4. The molecule has 5 heteroatoms. The Labute approximate surface area is 107 Å². The Morgan fingerprint density at radius 1 is 1.28 bits per heavy atom. The quantitative estimate of drug-likeness (QED) is 0.898. The molecule has 0 aliphatic heterocycles. The molecule has 0 saturated carbocycles. The molecule has 0 spiro atoms. The second-order valence-corrected chi connectivity index (χ2v) is 4.39. The summed E-state index contributed by atoms with van der Waals surface area (Å²) in [5, 5.41) is 7.74. The lowest BCUT2D eigenvalue weighted by Gasteiger charge is -2.11. The molecule has 2 rings (SSSR count). The molecule has 0 atom stereocenters. The third-order valence-corrected chi connectivity index (χ3v) is 2.76. The summed E-state index contributed by atoms with van der Waals surface area (Å²) in [4.78, 5) is 8.94. The van der Waals surface area contributed by atoms with E-state index in [9.17, 15) is 0 Å². The number of hydrogen-bond donors (Lipinski definition) is 1. The maximum atomic E-state index is 4.50. The molecule has 0 aliphatic rings. The van der Waals surface area contributed by atoms with Crippen molar-refractivity contribution in [2.24, 2.45) is 7.05 Å². The Kier molecular flexibility index (Phi) is 3.60. The number of nitrogens with one attached hydrogen (secondary N) is 1. The van der Waals surface area contributed by atoms with Crippen LogP contribution in [0, 0.1) is 13.8 Å². The minimum atomic E-state index is 0.764. The maximum Gasteiger partial charge on any atom is 0.133 e. The Balaban J connectivity index is 2.44. The lowest BCUT2D eigenvalue weighted by Crippen LogP contribution is -2.07. The third kappa shape index (κ3) is 2.50. The molecule has 96 valence electrons. The molecule has 2 heterocycles. The topological polar surface area (TPSA) is 55.6 Å². The van der Waals surface area contributed by atoms with Crippen LogP contribution in [0.3, 0.4) is 0 Å². The van der Waals surface area contributed by atoms with Crippen LogP contribution in [0.25, 0.3) is 11.4 Å². The molecule has 0 amide bonds. The Morgan fingerprint density at radius 3 is 2.67 bits per heavy atom. The molecule has 0 bridgehead atoms.